The molecule has 1 aromatic heterocycles. The number of nitrogens with one attached hydrogen (secondary N) is 1. The van der Waals surface area contributed by atoms with E-state index in [0.717, 1.165) is 29.5 Å². The van der Waals surface area contributed by atoms with Crippen LogP contribution in [-0.4, -0.2) is 38.9 Å². The molecule has 0 amide bonds. The van der Waals surface area contributed by atoms with E-state index in [-0.39, 0.29) is 12.1 Å². The van der Waals surface area contributed by atoms with E-state index >= 15 is 0 Å². The van der Waals surface area contributed by atoms with Gasteiger partial charge in [0, 0.05) is 11.3 Å². The van der Waals surface area contributed by atoms with Crippen LogP contribution >= 0.6 is 23.3 Å². The van der Waals surface area contributed by atoms with Crippen molar-refractivity contribution in [2.45, 2.75) is 36.6 Å². The third-order valence-electron chi connectivity index (χ3n) is 2.37. The molecule has 1 atom stereocenters. The lowest BCUT2D eigenvalue weighted by Gasteiger charge is -2.28. The van der Waals surface area contributed by atoms with Gasteiger partial charge < -0.3 is 10.4 Å². The van der Waals surface area contributed by atoms with E-state index in [2.05, 4.69) is 28.5 Å². The second-order valence-electron chi connectivity index (χ2n) is 3.95. The molecule has 1 rings (SSSR count). The Morgan fingerprint density at radius 3 is 3.00 bits per heavy atom. The van der Waals surface area contributed by atoms with Crippen LogP contribution in [0.3, 0.4) is 0 Å². The number of thioether (sulfide) groups is 1. The third-order valence-corrected chi connectivity index (χ3v) is 4.17. The van der Waals surface area contributed by atoms with E-state index < -0.39 is 0 Å². The Hall–Kier alpha value is -0.170. The van der Waals surface area contributed by atoms with Gasteiger partial charge in [-0.05, 0) is 37.8 Å². The molecule has 1 aromatic rings. The monoisotopic (exact) mass is 261 g/mol. The van der Waals surface area contributed by atoms with Crippen molar-refractivity contribution in [1.29, 1.82) is 0 Å². The predicted octanol–water partition coefficient (Wildman–Crippen LogP) is 1.77. The summed E-state index contributed by atoms with van der Waals surface area (Å²) in [5.74, 6) is 0.947. The zero-order valence-electron chi connectivity index (χ0n) is 9.77. The summed E-state index contributed by atoms with van der Waals surface area (Å²) < 4.78 is 4.95. The van der Waals surface area contributed by atoms with Gasteiger partial charge in [0.25, 0.3) is 0 Å². The van der Waals surface area contributed by atoms with Crippen molar-refractivity contribution in [3.63, 3.8) is 0 Å². The molecule has 16 heavy (non-hydrogen) atoms. The summed E-state index contributed by atoms with van der Waals surface area (Å²) in [6.07, 6.45) is 3.58. The first-order chi connectivity index (χ1) is 7.70. The summed E-state index contributed by atoms with van der Waals surface area (Å²) >= 11 is 3.11. The standard InChI is InChI=1S/C10H19N3OS2/c1-3-5-12-10(2,7-14)4-6-15-9-11-8-13-16-9/h8,12,14H,3-7H2,1-2H3. The van der Waals surface area contributed by atoms with Crippen molar-refractivity contribution < 1.29 is 5.11 Å². The Morgan fingerprint density at radius 2 is 2.44 bits per heavy atom. The third kappa shape index (κ3) is 4.78. The van der Waals surface area contributed by atoms with Crippen LogP contribution in [0.1, 0.15) is 26.7 Å². The highest BCUT2D eigenvalue weighted by Gasteiger charge is 2.21. The van der Waals surface area contributed by atoms with E-state index in [4.69, 9.17) is 0 Å². The second-order valence-corrected chi connectivity index (χ2v) is 6.07. The maximum atomic E-state index is 9.37. The van der Waals surface area contributed by atoms with Gasteiger partial charge >= 0.3 is 0 Å². The Labute approximate surface area is 105 Å². The lowest BCUT2D eigenvalue weighted by atomic mass is 10.0. The Kier molecular flexibility index (Phi) is 6.26. The molecular weight excluding hydrogens is 242 g/mol. The van der Waals surface area contributed by atoms with Crippen LogP contribution < -0.4 is 5.32 Å². The molecule has 92 valence electrons. The Balaban J connectivity index is 2.27. The summed E-state index contributed by atoms with van der Waals surface area (Å²) in [6, 6.07) is 0. The molecule has 6 heteroatoms. The molecule has 0 radical (unpaired) electrons. The smallest absolute Gasteiger partial charge is 0.169 e. The zero-order valence-corrected chi connectivity index (χ0v) is 11.4. The lowest BCUT2D eigenvalue weighted by Crippen LogP contribution is -2.46. The SMILES string of the molecule is CCCNC(C)(CO)CCSc1ncns1. The van der Waals surface area contributed by atoms with Crippen LogP contribution in [0.2, 0.25) is 0 Å². The van der Waals surface area contributed by atoms with Crippen LogP contribution in [0.5, 0.6) is 0 Å². The molecule has 0 saturated heterocycles. The molecule has 0 aliphatic rings. The lowest BCUT2D eigenvalue weighted by molar-refractivity contribution is 0.171. The van der Waals surface area contributed by atoms with E-state index in [1.54, 1.807) is 18.1 Å². The van der Waals surface area contributed by atoms with Gasteiger partial charge in [-0.3, -0.25) is 0 Å². The molecule has 0 aliphatic carbocycles. The van der Waals surface area contributed by atoms with Gasteiger partial charge in [-0.2, -0.15) is 4.37 Å². The number of nitrogens with zero attached hydrogens (tertiary/aromatic N) is 2. The van der Waals surface area contributed by atoms with Gasteiger partial charge in [0.05, 0.1) is 6.61 Å². The van der Waals surface area contributed by atoms with Crippen molar-refractivity contribution in [2.24, 2.45) is 0 Å². The van der Waals surface area contributed by atoms with Crippen LogP contribution in [-0.2, 0) is 0 Å². The number of rotatable bonds is 8. The predicted molar refractivity (Wildman–Crippen MR) is 69.0 cm³/mol. The van der Waals surface area contributed by atoms with Gasteiger partial charge in [0.1, 0.15) is 6.33 Å². The van der Waals surface area contributed by atoms with Gasteiger partial charge in [0.15, 0.2) is 4.34 Å². The van der Waals surface area contributed by atoms with E-state index in [1.807, 2.05) is 0 Å². The first-order valence-corrected chi connectivity index (χ1v) is 7.21. The van der Waals surface area contributed by atoms with E-state index in [1.165, 1.54) is 11.5 Å². The van der Waals surface area contributed by atoms with Gasteiger partial charge in [-0.1, -0.05) is 18.7 Å². The summed E-state index contributed by atoms with van der Waals surface area (Å²) in [5.41, 5.74) is -0.173. The average Bonchev–Trinajstić information content (AvgIpc) is 2.79. The molecule has 0 fully saturated rings. The molecular formula is C10H19N3OS2. The molecule has 4 nitrogen and oxygen atoms in total. The summed E-state index contributed by atoms with van der Waals surface area (Å²) in [4.78, 5) is 4.11. The topological polar surface area (TPSA) is 58.0 Å². The minimum atomic E-state index is -0.173. The summed E-state index contributed by atoms with van der Waals surface area (Å²) in [6.45, 7) is 5.30. The summed E-state index contributed by atoms with van der Waals surface area (Å²) in [7, 11) is 0. The second kappa shape index (κ2) is 7.21. The Morgan fingerprint density at radius 1 is 1.62 bits per heavy atom. The van der Waals surface area contributed by atoms with E-state index in [0.29, 0.717) is 0 Å². The molecule has 0 spiro atoms. The first-order valence-electron chi connectivity index (χ1n) is 5.45. The van der Waals surface area contributed by atoms with Crippen LogP contribution in [0.4, 0.5) is 0 Å². The molecule has 0 saturated carbocycles. The highest BCUT2D eigenvalue weighted by molar-refractivity contribution is 8.00. The molecule has 0 aliphatic heterocycles. The number of aliphatic hydroxyl groups is 1. The van der Waals surface area contributed by atoms with Crippen LogP contribution in [0.15, 0.2) is 10.7 Å². The van der Waals surface area contributed by atoms with Gasteiger partial charge in [-0.25, -0.2) is 4.98 Å². The number of hydrogen-bond acceptors (Lipinski definition) is 6. The molecule has 1 unspecified atom stereocenters. The largest absolute Gasteiger partial charge is 0.394 e. The van der Waals surface area contributed by atoms with Crippen molar-refractivity contribution in [3.05, 3.63) is 6.33 Å². The minimum Gasteiger partial charge on any atom is -0.394 e. The number of aromatic nitrogens is 2. The molecule has 0 bridgehead atoms. The van der Waals surface area contributed by atoms with Crippen LogP contribution in [0, 0.1) is 0 Å². The average molecular weight is 261 g/mol. The van der Waals surface area contributed by atoms with Crippen molar-refractivity contribution in [1.82, 2.24) is 14.7 Å². The molecule has 1 heterocycles. The normalized spacial score (nSPS) is 14.9. The summed E-state index contributed by atoms with van der Waals surface area (Å²) in [5, 5.41) is 12.8. The van der Waals surface area contributed by atoms with Gasteiger partial charge in [0.2, 0.25) is 0 Å². The first kappa shape index (κ1) is 13.9. The number of aliphatic hydroxyl groups excluding tert-OH is 1. The fourth-order valence-electron chi connectivity index (χ4n) is 1.24. The van der Waals surface area contributed by atoms with Crippen molar-refractivity contribution >= 4 is 23.3 Å². The van der Waals surface area contributed by atoms with Crippen molar-refractivity contribution in [3.8, 4) is 0 Å². The highest BCUT2D eigenvalue weighted by Crippen LogP contribution is 2.22. The van der Waals surface area contributed by atoms with Crippen LogP contribution in [0.25, 0.3) is 0 Å². The maximum absolute atomic E-state index is 9.37. The fourth-order valence-corrected chi connectivity index (χ4v) is 2.96. The molecule has 2 N–H and O–H groups in total. The fraction of sp³-hybridized carbons (Fsp3) is 0.800. The van der Waals surface area contributed by atoms with Gasteiger partial charge in [-0.15, -0.1) is 0 Å². The maximum Gasteiger partial charge on any atom is 0.169 e. The minimum absolute atomic E-state index is 0.170. The van der Waals surface area contributed by atoms with Crippen molar-refractivity contribution in [2.75, 3.05) is 18.9 Å². The molecule has 0 aromatic carbocycles. The zero-order chi connectivity index (χ0) is 11.9. The number of hydrogen-bond donors (Lipinski definition) is 2. The quantitative estimate of drug-likeness (QED) is 0.699. The highest BCUT2D eigenvalue weighted by atomic mass is 32.2. The van der Waals surface area contributed by atoms with E-state index in [9.17, 15) is 5.11 Å². The Bertz CT molecular complexity index is 282.